The first kappa shape index (κ1) is 37.7. The van der Waals surface area contributed by atoms with Crippen molar-refractivity contribution in [3.63, 3.8) is 0 Å². The Kier molecular flexibility index (Phi) is 8.48. The smallest absolute Gasteiger partial charge is 0.342 e. The predicted molar refractivity (Wildman–Crippen MR) is 229 cm³/mol. The number of phenolic OH excluding ortho intramolecular Hbond substituents is 4. The Hall–Kier alpha value is -6.54. The van der Waals surface area contributed by atoms with Crippen LogP contribution in [0.2, 0.25) is 0 Å². The molecule has 2 amide bonds. The summed E-state index contributed by atoms with van der Waals surface area (Å²) in [6.45, 7) is 0. The van der Waals surface area contributed by atoms with Gasteiger partial charge in [-0.3, -0.25) is 9.59 Å². The molecule has 2 spiro atoms. The molecule has 0 radical (unpaired) electrons. The van der Waals surface area contributed by atoms with E-state index in [1.807, 2.05) is 45.2 Å². The number of hydrogen-bond acceptors (Lipinski definition) is 12. The molecule has 4 aliphatic heterocycles. The molecule has 10 rings (SSSR count). The van der Waals surface area contributed by atoms with Gasteiger partial charge in [0.1, 0.15) is 49.9 Å². The number of fused-ring (bicyclic) bond motifs is 12. The van der Waals surface area contributed by atoms with E-state index in [-0.39, 0.29) is 72.9 Å². The summed E-state index contributed by atoms with van der Waals surface area (Å²) in [5.41, 5.74) is -0.204. The lowest BCUT2D eigenvalue weighted by Crippen LogP contribution is -2.33. The van der Waals surface area contributed by atoms with Crippen LogP contribution < -0.4 is 20.1 Å². The molecular weight excluding hydrogens is 1000 g/mol. The summed E-state index contributed by atoms with van der Waals surface area (Å²) >= 11 is 3.81. The highest BCUT2D eigenvalue weighted by atomic mass is 127. The Morgan fingerprint density at radius 1 is 0.583 bits per heavy atom. The van der Waals surface area contributed by atoms with Gasteiger partial charge in [-0.2, -0.15) is 0 Å². The fourth-order valence-corrected chi connectivity index (χ4v) is 9.16. The molecule has 14 nitrogen and oxygen atoms in total. The average molecular weight is 1030 g/mol. The zero-order valence-corrected chi connectivity index (χ0v) is 34.7. The summed E-state index contributed by atoms with van der Waals surface area (Å²) in [5, 5.41) is 46.9. The van der Waals surface area contributed by atoms with Crippen molar-refractivity contribution in [2.45, 2.75) is 15.1 Å². The summed E-state index contributed by atoms with van der Waals surface area (Å²) in [6.07, 6.45) is 0. The molecule has 1 unspecified atom stereocenters. The molecule has 0 fully saturated rings. The van der Waals surface area contributed by atoms with Crippen molar-refractivity contribution in [2.75, 3.05) is 15.1 Å². The van der Waals surface area contributed by atoms with Crippen LogP contribution in [0.4, 0.5) is 11.4 Å². The molecule has 16 heteroatoms. The number of halogens is 2. The van der Waals surface area contributed by atoms with Gasteiger partial charge in [0, 0.05) is 57.6 Å². The molecule has 0 saturated heterocycles. The molecule has 1 atom stereocenters. The Labute approximate surface area is 366 Å². The Bertz CT molecular complexity index is 2850. The molecule has 6 N–H and O–H groups in total. The van der Waals surface area contributed by atoms with Crippen molar-refractivity contribution < 1.29 is 58.6 Å². The van der Waals surface area contributed by atoms with Crippen molar-refractivity contribution in [3.05, 3.63) is 153 Å². The first-order valence-electron chi connectivity index (χ1n) is 18.1. The second-order valence-corrected chi connectivity index (χ2v) is 16.3. The van der Waals surface area contributed by atoms with Crippen LogP contribution in [0.25, 0.3) is 0 Å². The van der Waals surface area contributed by atoms with Crippen LogP contribution in [0.15, 0.2) is 103 Å². The van der Waals surface area contributed by atoms with Crippen LogP contribution in [0.1, 0.15) is 63.6 Å². The molecule has 0 saturated carbocycles. The number of carbonyl (C=O) groups is 4. The maximum Gasteiger partial charge on any atom is 0.342 e. The van der Waals surface area contributed by atoms with E-state index in [1.165, 1.54) is 48.5 Å². The Morgan fingerprint density at radius 3 is 1.53 bits per heavy atom. The van der Waals surface area contributed by atoms with Crippen LogP contribution in [0.5, 0.6) is 46.0 Å². The van der Waals surface area contributed by atoms with Gasteiger partial charge in [-0.1, -0.05) is 63.4 Å². The zero-order chi connectivity index (χ0) is 41.8. The van der Waals surface area contributed by atoms with Crippen molar-refractivity contribution in [3.8, 4) is 46.0 Å². The summed E-state index contributed by atoms with van der Waals surface area (Å²) < 4.78 is 23.7. The molecule has 4 heterocycles. The monoisotopic (exact) mass is 1030 g/mol. The van der Waals surface area contributed by atoms with Crippen molar-refractivity contribution in [2.24, 2.45) is 0 Å². The first-order chi connectivity index (χ1) is 28.8. The van der Waals surface area contributed by atoms with Gasteiger partial charge in [-0.25, -0.2) is 9.59 Å². The maximum absolute atomic E-state index is 14.4. The summed E-state index contributed by atoms with van der Waals surface area (Å²) in [7, 11) is 0. The van der Waals surface area contributed by atoms with E-state index in [9.17, 15) is 39.6 Å². The van der Waals surface area contributed by atoms with Gasteiger partial charge in [-0.15, -0.1) is 0 Å². The van der Waals surface area contributed by atoms with E-state index < -0.39 is 38.9 Å². The number of esters is 2. The zero-order valence-electron chi connectivity index (χ0n) is 30.4. The highest BCUT2D eigenvalue weighted by Crippen LogP contribution is 2.60. The number of carbonyl (C=O) groups excluding carboxylic acids is 4. The Balaban J connectivity index is 1.06. The molecule has 4 aliphatic rings. The summed E-state index contributed by atoms with van der Waals surface area (Å²) in [4.78, 5) is 55.3. The lowest BCUT2D eigenvalue weighted by molar-refractivity contribution is -0.115. The second-order valence-electron chi connectivity index (χ2n) is 14.3. The first-order valence-corrected chi connectivity index (χ1v) is 20.9. The molecule has 6 aromatic carbocycles. The Morgan fingerprint density at radius 2 is 1.03 bits per heavy atom. The topological polar surface area (TPSA) is 210 Å². The minimum Gasteiger partial charge on any atom is -0.508 e. The fraction of sp³-hybridized carbons (Fsp3) is 0.0909. The van der Waals surface area contributed by atoms with Gasteiger partial charge in [0.05, 0.1) is 26.9 Å². The lowest BCUT2D eigenvalue weighted by Gasteiger charge is -2.36. The SMILES string of the molecule is O=C(CI)Nc1ccc2c(c1NC(=O)C(I)c1ccc3c(c1)C(=O)OC31c3ccc(O)cc3Oc3cc(O)ccc31)C(=O)OC21c2ccc(O)cc2Oc2cc(O)ccc21. The molecule has 0 aromatic heterocycles. The number of hydrogen-bond donors (Lipinski definition) is 6. The third-order valence-electron chi connectivity index (χ3n) is 10.9. The number of amides is 2. The van der Waals surface area contributed by atoms with E-state index >= 15 is 0 Å². The quantitative estimate of drug-likeness (QED) is 0.0550. The van der Waals surface area contributed by atoms with Gasteiger partial charge in [0.15, 0.2) is 11.2 Å². The molecular formula is C44H26I2N2O12. The third-order valence-corrected chi connectivity index (χ3v) is 12.9. The van der Waals surface area contributed by atoms with Crippen molar-refractivity contribution >= 4 is 80.3 Å². The largest absolute Gasteiger partial charge is 0.508 e. The van der Waals surface area contributed by atoms with E-state index in [0.717, 1.165) is 0 Å². The summed E-state index contributed by atoms with van der Waals surface area (Å²) in [5.74, 6) is -2.18. The minimum atomic E-state index is -1.65. The molecule has 0 aliphatic carbocycles. The summed E-state index contributed by atoms with van der Waals surface area (Å²) in [6, 6.07) is 25.6. The van der Waals surface area contributed by atoms with Crippen LogP contribution in [0.3, 0.4) is 0 Å². The van der Waals surface area contributed by atoms with Gasteiger partial charge in [0.2, 0.25) is 11.8 Å². The molecule has 0 bridgehead atoms. The van der Waals surface area contributed by atoms with Gasteiger partial charge < -0.3 is 50.0 Å². The predicted octanol–water partition coefficient (Wildman–Crippen LogP) is 8.13. The average Bonchev–Trinajstić information content (AvgIpc) is 3.68. The van der Waals surface area contributed by atoms with Crippen LogP contribution >= 0.6 is 45.2 Å². The number of alkyl halides is 2. The minimum absolute atomic E-state index is 0.0344. The molecule has 60 heavy (non-hydrogen) atoms. The maximum atomic E-state index is 14.4. The highest BCUT2D eigenvalue weighted by Gasteiger charge is 2.56. The van der Waals surface area contributed by atoms with Crippen LogP contribution in [-0.4, -0.2) is 48.6 Å². The van der Waals surface area contributed by atoms with E-state index in [4.69, 9.17) is 18.9 Å². The number of ether oxygens (including phenoxy) is 4. The van der Waals surface area contributed by atoms with Gasteiger partial charge in [-0.05, 0) is 66.2 Å². The lowest BCUT2D eigenvalue weighted by atomic mass is 9.77. The normalized spacial score (nSPS) is 15.8. The van der Waals surface area contributed by atoms with E-state index in [0.29, 0.717) is 38.9 Å². The van der Waals surface area contributed by atoms with Crippen molar-refractivity contribution in [1.29, 1.82) is 0 Å². The number of nitrogens with one attached hydrogen (secondary N) is 2. The van der Waals surface area contributed by atoms with Crippen LogP contribution in [-0.2, 0) is 30.3 Å². The highest BCUT2D eigenvalue weighted by molar-refractivity contribution is 14.1. The number of rotatable bonds is 5. The molecule has 6 aromatic rings. The molecule has 298 valence electrons. The number of anilines is 2. The van der Waals surface area contributed by atoms with Crippen LogP contribution in [0, 0.1) is 0 Å². The number of phenols is 4. The van der Waals surface area contributed by atoms with Crippen molar-refractivity contribution in [1.82, 2.24) is 0 Å². The van der Waals surface area contributed by atoms with E-state index in [1.54, 1.807) is 54.6 Å². The fourth-order valence-electron chi connectivity index (χ4n) is 8.43. The van der Waals surface area contributed by atoms with Gasteiger partial charge >= 0.3 is 11.9 Å². The van der Waals surface area contributed by atoms with E-state index in [2.05, 4.69) is 10.6 Å². The second kappa shape index (κ2) is 13.5. The van der Waals surface area contributed by atoms with Gasteiger partial charge in [0.25, 0.3) is 0 Å². The number of aromatic hydroxyl groups is 4. The third kappa shape index (κ3) is 5.42. The number of benzene rings is 6. The standard InChI is InChI=1S/C44H26I2N2O12/c45-18-36(53)47-31-12-11-30-37(42(56)60-44(30)28-9-4-22(51)16-34(28)58-35-17-23(52)5-10-29(35)44)39(31)48-40(54)38(46)19-1-6-25-24(13-19)41(55)59-43(25)26-7-2-20(49)14-32(26)57-33-15-21(50)3-8-27(33)43/h1-17,38,49-52H,18H2,(H,47,53)(H,48,54).